The Morgan fingerprint density at radius 2 is 2.00 bits per heavy atom. The number of hydrogen-bond donors (Lipinski definition) is 2. The lowest BCUT2D eigenvalue weighted by atomic mass is 9.95. The maximum Gasteiger partial charge on any atom is 0.0991 e. The number of nitrogens with one attached hydrogen (secondary N) is 1. The minimum absolute atomic E-state index is 0.228. The Kier molecular flexibility index (Phi) is 3.08. The predicted molar refractivity (Wildman–Crippen MR) is 63.5 cm³/mol. The van der Waals surface area contributed by atoms with Crippen LogP contribution in [0.15, 0.2) is 0 Å². The van der Waals surface area contributed by atoms with Crippen LogP contribution >= 0.6 is 0 Å². The Morgan fingerprint density at radius 3 is 2.44 bits per heavy atom. The molecule has 1 aromatic rings. The Balaban J connectivity index is 2.20. The summed E-state index contributed by atoms with van der Waals surface area (Å²) in [6.07, 6.45) is 0.798. The fourth-order valence-electron chi connectivity index (χ4n) is 2.47. The first kappa shape index (κ1) is 11.7. The van der Waals surface area contributed by atoms with Crippen LogP contribution < -0.4 is 0 Å². The number of aromatic nitrogens is 1. The van der Waals surface area contributed by atoms with Crippen molar-refractivity contribution in [1.29, 1.82) is 0 Å². The largest absolute Gasteiger partial charge is 0.387 e. The van der Waals surface area contributed by atoms with E-state index in [0.717, 1.165) is 17.8 Å². The quantitative estimate of drug-likeness (QED) is 0.808. The third kappa shape index (κ3) is 1.89. The second kappa shape index (κ2) is 4.22. The van der Waals surface area contributed by atoms with Crippen molar-refractivity contribution in [2.45, 2.75) is 46.3 Å². The minimum atomic E-state index is -0.419. The molecule has 2 N–H and O–H groups in total. The molecule has 3 heteroatoms. The molecule has 1 fully saturated rings. The SMILES string of the molecule is Cc1[nH]c(C(O)C2COC(C)C2)c(C)c1C. The van der Waals surface area contributed by atoms with Crippen LogP contribution in [0.5, 0.6) is 0 Å². The van der Waals surface area contributed by atoms with E-state index < -0.39 is 6.10 Å². The monoisotopic (exact) mass is 223 g/mol. The summed E-state index contributed by atoms with van der Waals surface area (Å²) >= 11 is 0. The maximum atomic E-state index is 10.3. The highest BCUT2D eigenvalue weighted by molar-refractivity contribution is 5.35. The van der Waals surface area contributed by atoms with Gasteiger partial charge in [-0.15, -0.1) is 0 Å². The fraction of sp³-hybridized carbons (Fsp3) is 0.692. The highest BCUT2D eigenvalue weighted by Crippen LogP contribution is 2.33. The zero-order valence-electron chi connectivity index (χ0n) is 10.5. The van der Waals surface area contributed by atoms with Crippen LogP contribution in [0.2, 0.25) is 0 Å². The number of aryl methyl sites for hydroxylation is 1. The minimum Gasteiger partial charge on any atom is -0.387 e. The molecule has 0 aliphatic carbocycles. The van der Waals surface area contributed by atoms with Crippen molar-refractivity contribution in [2.75, 3.05) is 6.61 Å². The smallest absolute Gasteiger partial charge is 0.0991 e. The first-order chi connectivity index (χ1) is 7.50. The molecule has 3 nitrogen and oxygen atoms in total. The van der Waals surface area contributed by atoms with Gasteiger partial charge in [0.25, 0.3) is 0 Å². The normalized spacial score (nSPS) is 27.3. The number of aliphatic hydroxyl groups excluding tert-OH is 1. The second-order valence-electron chi connectivity index (χ2n) is 5.00. The average Bonchev–Trinajstić information content (AvgIpc) is 2.78. The molecule has 1 saturated heterocycles. The summed E-state index contributed by atoms with van der Waals surface area (Å²) in [5.74, 6) is 0.228. The molecule has 1 aliphatic heterocycles. The summed E-state index contributed by atoms with van der Waals surface area (Å²) in [4.78, 5) is 3.30. The topological polar surface area (TPSA) is 45.2 Å². The van der Waals surface area contributed by atoms with E-state index in [1.54, 1.807) is 0 Å². The van der Waals surface area contributed by atoms with Gasteiger partial charge in [-0.25, -0.2) is 0 Å². The van der Waals surface area contributed by atoms with E-state index in [-0.39, 0.29) is 12.0 Å². The van der Waals surface area contributed by atoms with Gasteiger partial charge in [0.05, 0.1) is 18.8 Å². The Bertz CT molecular complexity index is 384. The average molecular weight is 223 g/mol. The van der Waals surface area contributed by atoms with E-state index in [2.05, 4.69) is 25.8 Å². The van der Waals surface area contributed by atoms with Gasteiger partial charge in [-0.05, 0) is 45.2 Å². The van der Waals surface area contributed by atoms with Gasteiger partial charge in [-0.2, -0.15) is 0 Å². The molecule has 0 saturated carbocycles. The first-order valence-electron chi connectivity index (χ1n) is 5.96. The van der Waals surface area contributed by atoms with Crippen LogP contribution in [0, 0.1) is 26.7 Å². The second-order valence-corrected chi connectivity index (χ2v) is 5.00. The van der Waals surface area contributed by atoms with E-state index in [1.165, 1.54) is 11.1 Å². The van der Waals surface area contributed by atoms with E-state index in [1.807, 2.05) is 6.92 Å². The first-order valence-corrected chi connectivity index (χ1v) is 5.96. The maximum absolute atomic E-state index is 10.3. The highest BCUT2D eigenvalue weighted by Gasteiger charge is 2.31. The van der Waals surface area contributed by atoms with Crippen molar-refractivity contribution in [3.05, 3.63) is 22.5 Å². The standard InChI is InChI=1S/C13H21NO2/c1-7-5-11(6-16-7)13(15)12-9(3)8(2)10(4)14-12/h7,11,13-15H,5-6H2,1-4H3. The van der Waals surface area contributed by atoms with Gasteiger partial charge in [-0.1, -0.05) is 0 Å². The molecular weight excluding hydrogens is 202 g/mol. The van der Waals surface area contributed by atoms with E-state index in [4.69, 9.17) is 4.74 Å². The molecule has 0 spiro atoms. The Labute approximate surface area is 96.8 Å². The summed E-state index contributed by atoms with van der Waals surface area (Å²) in [6.45, 7) is 8.93. The van der Waals surface area contributed by atoms with Crippen LogP contribution in [-0.2, 0) is 4.74 Å². The van der Waals surface area contributed by atoms with Crippen molar-refractivity contribution in [1.82, 2.24) is 4.98 Å². The number of ether oxygens (including phenoxy) is 1. The van der Waals surface area contributed by atoms with Crippen LogP contribution in [0.3, 0.4) is 0 Å². The summed E-state index contributed by atoms with van der Waals surface area (Å²) in [7, 11) is 0. The molecule has 1 aliphatic rings. The third-order valence-electron chi connectivity index (χ3n) is 3.82. The summed E-state index contributed by atoms with van der Waals surface area (Å²) < 4.78 is 5.51. The number of H-pyrrole nitrogens is 1. The number of aliphatic hydroxyl groups is 1. The molecule has 0 amide bonds. The Hall–Kier alpha value is -0.800. The third-order valence-corrected chi connectivity index (χ3v) is 3.82. The molecular formula is C13H21NO2. The number of rotatable bonds is 2. The van der Waals surface area contributed by atoms with Crippen LogP contribution in [0.4, 0.5) is 0 Å². The van der Waals surface area contributed by atoms with Gasteiger partial charge in [0.2, 0.25) is 0 Å². The molecule has 0 aromatic carbocycles. The molecule has 0 bridgehead atoms. The molecule has 3 atom stereocenters. The molecule has 1 aromatic heterocycles. The summed E-state index contributed by atoms with van der Waals surface area (Å²) in [5, 5.41) is 10.3. The molecule has 16 heavy (non-hydrogen) atoms. The molecule has 3 unspecified atom stereocenters. The number of aromatic amines is 1. The van der Waals surface area contributed by atoms with Crippen molar-refractivity contribution in [3.8, 4) is 0 Å². The van der Waals surface area contributed by atoms with Crippen molar-refractivity contribution < 1.29 is 9.84 Å². The van der Waals surface area contributed by atoms with Crippen molar-refractivity contribution >= 4 is 0 Å². The van der Waals surface area contributed by atoms with Gasteiger partial charge in [-0.3, -0.25) is 0 Å². The van der Waals surface area contributed by atoms with E-state index in [0.29, 0.717) is 6.61 Å². The zero-order valence-corrected chi connectivity index (χ0v) is 10.5. The molecule has 2 rings (SSSR count). The van der Waals surface area contributed by atoms with Crippen molar-refractivity contribution in [2.24, 2.45) is 5.92 Å². The lowest BCUT2D eigenvalue weighted by molar-refractivity contribution is 0.0780. The van der Waals surface area contributed by atoms with E-state index >= 15 is 0 Å². The van der Waals surface area contributed by atoms with Crippen LogP contribution in [0.1, 0.15) is 42.0 Å². The van der Waals surface area contributed by atoms with Gasteiger partial charge in [0.1, 0.15) is 0 Å². The van der Waals surface area contributed by atoms with Gasteiger partial charge < -0.3 is 14.8 Å². The van der Waals surface area contributed by atoms with Crippen LogP contribution in [-0.4, -0.2) is 22.8 Å². The van der Waals surface area contributed by atoms with Gasteiger partial charge in [0, 0.05) is 17.3 Å². The van der Waals surface area contributed by atoms with Gasteiger partial charge >= 0.3 is 0 Å². The summed E-state index contributed by atoms with van der Waals surface area (Å²) in [5.41, 5.74) is 4.56. The molecule has 0 radical (unpaired) electrons. The lowest BCUT2D eigenvalue weighted by Gasteiger charge is -2.16. The lowest BCUT2D eigenvalue weighted by Crippen LogP contribution is -2.14. The highest BCUT2D eigenvalue weighted by atomic mass is 16.5. The van der Waals surface area contributed by atoms with E-state index in [9.17, 15) is 5.11 Å². The molecule has 2 heterocycles. The number of hydrogen-bond acceptors (Lipinski definition) is 2. The van der Waals surface area contributed by atoms with Crippen molar-refractivity contribution in [3.63, 3.8) is 0 Å². The predicted octanol–water partition coefficient (Wildman–Crippen LogP) is 2.40. The van der Waals surface area contributed by atoms with Gasteiger partial charge in [0.15, 0.2) is 0 Å². The zero-order chi connectivity index (χ0) is 11.9. The summed E-state index contributed by atoms with van der Waals surface area (Å²) in [6, 6.07) is 0. The molecule has 90 valence electrons. The fourth-order valence-corrected chi connectivity index (χ4v) is 2.47. The Morgan fingerprint density at radius 1 is 1.31 bits per heavy atom. The van der Waals surface area contributed by atoms with Crippen LogP contribution in [0.25, 0.3) is 0 Å².